The van der Waals surface area contributed by atoms with Gasteiger partial charge in [0, 0.05) is 32.1 Å². The molecule has 1 heterocycles. The highest BCUT2D eigenvalue weighted by molar-refractivity contribution is 7.89. The van der Waals surface area contributed by atoms with Gasteiger partial charge < -0.3 is 5.32 Å². The summed E-state index contributed by atoms with van der Waals surface area (Å²) < 4.78 is 53.1. The number of carbonyl (C=O) groups excluding carboxylic acids is 1. The Hall–Kier alpha value is -1.49. The molecule has 1 aliphatic rings. The van der Waals surface area contributed by atoms with E-state index in [9.17, 15) is 21.6 Å². The second-order valence-corrected chi connectivity index (χ2v) is 11.8. The minimum absolute atomic E-state index is 0.0173. The summed E-state index contributed by atoms with van der Waals surface area (Å²) >= 11 is 0. The molecule has 0 spiro atoms. The van der Waals surface area contributed by atoms with Gasteiger partial charge in [0.2, 0.25) is 26.0 Å². The van der Waals surface area contributed by atoms with E-state index in [1.54, 1.807) is 13.8 Å². The Bertz CT molecular complexity index is 1000. The second kappa shape index (κ2) is 9.33. The number of nitrogens with zero attached hydrogens (tertiary/aromatic N) is 1. The summed E-state index contributed by atoms with van der Waals surface area (Å²) in [6, 6.07) is -0.260. The van der Waals surface area contributed by atoms with Crippen LogP contribution >= 0.6 is 0 Å². The Morgan fingerprint density at radius 2 is 1.50 bits per heavy atom. The number of piperidine rings is 1. The molecule has 0 aliphatic carbocycles. The standard InChI is InChI=1S/C20H33N3O5S2/c1-13-14(2)16(4)20(17(5)15(13)3)30(27,28)21-10-9-19(24)22-18-8-7-11-23(12-18)29(6,25)26/h18,21H,7-12H2,1-6H3,(H,22,24). The molecule has 0 radical (unpaired) electrons. The summed E-state index contributed by atoms with van der Waals surface area (Å²) in [7, 11) is -7.05. The lowest BCUT2D eigenvalue weighted by Crippen LogP contribution is -2.49. The van der Waals surface area contributed by atoms with Crippen LogP contribution in [0.4, 0.5) is 0 Å². The van der Waals surface area contributed by atoms with Crippen molar-refractivity contribution in [2.45, 2.75) is 64.8 Å². The third kappa shape index (κ3) is 5.60. The number of carbonyl (C=O) groups is 1. The predicted octanol–water partition coefficient (Wildman–Crippen LogP) is 1.44. The summed E-state index contributed by atoms with van der Waals surface area (Å²) in [5.41, 5.74) is 4.41. The highest BCUT2D eigenvalue weighted by atomic mass is 32.2. The Morgan fingerprint density at radius 3 is 2.03 bits per heavy atom. The van der Waals surface area contributed by atoms with Gasteiger partial charge in [0.25, 0.3) is 0 Å². The van der Waals surface area contributed by atoms with Crippen LogP contribution in [0.25, 0.3) is 0 Å². The summed E-state index contributed by atoms with van der Waals surface area (Å²) in [6.07, 6.45) is 2.51. The molecule has 8 nitrogen and oxygen atoms in total. The van der Waals surface area contributed by atoms with Crippen molar-refractivity contribution in [1.82, 2.24) is 14.3 Å². The van der Waals surface area contributed by atoms with Crippen LogP contribution in [0.1, 0.15) is 47.1 Å². The second-order valence-electron chi connectivity index (χ2n) is 8.13. The number of hydrogen-bond acceptors (Lipinski definition) is 5. The number of hydrogen-bond donors (Lipinski definition) is 2. The van der Waals surface area contributed by atoms with Crippen LogP contribution in [0.3, 0.4) is 0 Å². The molecule has 30 heavy (non-hydrogen) atoms. The van der Waals surface area contributed by atoms with Crippen LogP contribution in [-0.2, 0) is 24.8 Å². The van der Waals surface area contributed by atoms with Crippen LogP contribution in [0.5, 0.6) is 0 Å². The van der Waals surface area contributed by atoms with E-state index in [1.165, 1.54) is 4.31 Å². The van der Waals surface area contributed by atoms with E-state index < -0.39 is 20.0 Å². The van der Waals surface area contributed by atoms with Gasteiger partial charge in [-0.05, 0) is 75.3 Å². The molecular formula is C20H33N3O5S2. The van der Waals surface area contributed by atoms with Crippen molar-refractivity contribution in [3.05, 3.63) is 27.8 Å². The van der Waals surface area contributed by atoms with Crippen molar-refractivity contribution in [3.8, 4) is 0 Å². The smallest absolute Gasteiger partial charge is 0.241 e. The number of sulfonamides is 2. The van der Waals surface area contributed by atoms with Gasteiger partial charge >= 0.3 is 0 Å². The number of amides is 1. The molecule has 1 atom stereocenters. The molecule has 0 aromatic heterocycles. The van der Waals surface area contributed by atoms with Crippen LogP contribution in [0.15, 0.2) is 4.90 Å². The fraction of sp³-hybridized carbons (Fsp3) is 0.650. The molecule has 1 aromatic rings. The molecule has 0 saturated carbocycles. The minimum Gasteiger partial charge on any atom is -0.352 e. The highest BCUT2D eigenvalue weighted by Gasteiger charge is 2.27. The average molecular weight is 460 g/mol. The monoisotopic (exact) mass is 459 g/mol. The summed E-state index contributed by atoms with van der Waals surface area (Å²) in [5, 5.41) is 2.82. The molecule has 1 unspecified atom stereocenters. The minimum atomic E-state index is -3.76. The van der Waals surface area contributed by atoms with Gasteiger partial charge in [-0.1, -0.05) is 0 Å². The fourth-order valence-corrected chi connectivity index (χ4v) is 6.44. The van der Waals surface area contributed by atoms with Gasteiger partial charge in [-0.2, -0.15) is 0 Å². The highest BCUT2D eigenvalue weighted by Crippen LogP contribution is 2.29. The summed E-state index contributed by atoms with van der Waals surface area (Å²) in [6.45, 7) is 10.1. The first-order valence-corrected chi connectivity index (χ1v) is 13.4. The van der Waals surface area contributed by atoms with Crippen molar-refractivity contribution in [2.24, 2.45) is 0 Å². The largest absolute Gasteiger partial charge is 0.352 e. The first-order valence-electron chi connectivity index (χ1n) is 10.1. The molecule has 2 N–H and O–H groups in total. The van der Waals surface area contributed by atoms with Gasteiger partial charge in [0.15, 0.2) is 0 Å². The molecule has 1 amide bonds. The molecule has 1 aliphatic heterocycles. The molecule has 0 bridgehead atoms. The van der Waals surface area contributed by atoms with E-state index in [-0.39, 0.29) is 36.4 Å². The van der Waals surface area contributed by atoms with E-state index in [0.717, 1.165) is 34.1 Å². The Labute approximate surface area is 180 Å². The molecule has 1 fully saturated rings. The Kier molecular flexibility index (Phi) is 7.71. The van der Waals surface area contributed by atoms with Crippen molar-refractivity contribution in [3.63, 3.8) is 0 Å². The Morgan fingerprint density at radius 1 is 0.967 bits per heavy atom. The van der Waals surface area contributed by atoms with Crippen LogP contribution in [-0.4, -0.2) is 59.0 Å². The average Bonchev–Trinajstić information content (AvgIpc) is 2.64. The number of rotatable bonds is 7. The molecule has 10 heteroatoms. The molecule has 1 aromatic carbocycles. The lowest BCUT2D eigenvalue weighted by molar-refractivity contribution is -0.121. The molecule has 1 saturated heterocycles. The normalized spacial score (nSPS) is 18.4. The van der Waals surface area contributed by atoms with Crippen LogP contribution in [0.2, 0.25) is 0 Å². The maximum absolute atomic E-state index is 12.9. The van der Waals surface area contributed by atoms with Crippen molar-refractivity contribution >= 4 is 26.0 Å². The molecule has 170 valence electrons. The number of benzene rings is 1. The van der Waals surface area contributed by atoms with Gasteiger partial charge in [0.05, 0.1) is 11.2 Å². The Balaban J connectivity index is 1.99. The summed E-state index contributed by atoms with van der Waals surface area (Å²) in [4.78, 5) is 12.5. The first-order chi connectivity index (χ1) is 13.8. The third-order valence-corrected chi connectivity index (χ3v) is 9.07. The third-order valence-electron chi connectivity index (χ3n) is 6.06. The molecule has 2 rings (SSSR count). The lowest BCUT2D eigenvalue weighted by Gasteiger charge is -2.31. The van der Waals surface area contributed by atoms with Crippen LogP contribution in [0, 0.1) is 34.6 Å². The van der Waals surface area contributed by atoms with E-state index in [2.05, 4.69) is 10.0 Å². The number of nitrogens with one attached hydrogen (secondary N) is 2. The maximum Gasteiger partial charge on any atom is 0.241 e. The van der Waals surface area contributed by atoms with Gasteiger partial charge in [0.1, 0.15) is 0 Å². The van der Waals surface area contributed by atoms with E-state index in [4.69, 9.17) is 0 Å². The van der Waals surface area contributed by atoms with E-state index in [0.29, 0.717) is 19.4 Å². The zero-order valence-corrected chi connectivity index (χ0v) is 20.3. The van der Waals surface area contributed by atoms with Crippen molar-refractivity contribution in [1.29, 1.82) is 0 Å². The molecular weight excluding hydrogens is 426 g/mol. The van der Waals surface area contributed by atoms with E-state index >= 15 is 0 Å². The van der Waals surface area contributed by atoms with Crippen molar-refractivity contribution in [2.75, 3.05) is 25.9 Å². The fourth-order valence-electron chi connectivity index (χ4n) is 3.90. The zero-order valence-electron chi connectivity index (χ0n) is 18.6. The first kappa shape index (κ1) is 24.8. The predicted molar refractivity (Wildman–Crippen MR) is 118 cm³/mol. The topological polar surface area (TPSA) is 113 Å². The maximum atomic E-state index is 12.9. The van der Waals surface area contributed by atoms with Gasteiger partial charge in [-0.15, -0.1) is 0 Å². The summed E-state index contributed by atoms with van der Waals surface area (Å²) in [5.74, 6) is -0.303. The zero-order chi connectivity index (χ0) is 22.9. The van der Waals surface area contributed by atoms with E-state index in [1.807, 2.05) is 20.8 Å². The van der Waals surface area contributed by atoms with Crippen LogP contribution < -0.4 is 10.0 Å². The SMILES string of the molecule is Cc1c(C)c(C)c(S(=O)(=O)NCCC(=O)NC2CCCN(S(C)(=O)=O)C2)c(C)c1C. The van der Waals surface area contributed by atoms with Gasteiger partial charge in [-0.25, -0.2) is 25.9 Å². The van der Waals surface area contributed by atoms with Crippen molar-refractivity contribution < 1.29 is 21.6 Å². The lowest BCUT2D eigenvalue weighted by atomic mass is 9.95. The quantitative estimate of drug-likeness (QED) is 0.641. The van der Waals surface area contributed by atoms with Gasteiger partial charge in [-0.3, -0.25) is 4.79 Å².